The van der Waals surface area contributed by atoms with E-state index in [0.717, 1.165) is 0 Å². The second-order valence-corrected chi connectivity index (χ2v) is 5.86. The summed E-state index contributed by atoms with van der Waals surface area (Å²) in [6.45, 7) is 5.27. The van der Waals surface area contributed by atoms with Crippen LogP contribution in [0.25, 0.3) is 0 Å². The number of allylic oxidation sites excluding steroid dienone is 1. The third kappa shape index (κ3) is 4.05. The standard InChI is InChI=1S/C15H19N3O4S/c1-8(2)22-14(19)12-9(3)16-15(23)17-13(12)10-5-4-6-11(7-10)18(20)21/h4-8,13,18,20H,1-3H3,(H2,16,17,23)/t13-/m1/s1. The van der Waals surface area contributed by atoms with E-state index in [2.05, 4.69) is 10.6 Å². The maximum Gasteiger partial charge on any atom is 0.338 e. The van der Waals surface area contributed by atoms with E-state index in [4.69, 9.17) is 22.2 Å². The molecular formula is C15H19N3O4S. The molecule has 1 aromatic carbocycles. The smallest absolute Gasteiger partial charge is 0.338 e. The highest BCUT2D eigenvalue weighted by Crippen LogP contribution is 2.28. The molecule has 0 aromatic heterocycles. The fourth-order valence-corrected chi connectivity index (χ4v) is 2.61. The van der Waals surface area contributed by atoms with E-state index in [1.807, 2.05) is 0 Å². The number of ether oxygens (including phenoxy) is 1. The highest BCUT2D eigenvalue weighted by atomic mass is 32.1. The molecule has 1 aliphatic rings. The lowest BCUT2D eigenvalue weighted by molar-refractivity contribution is -0.991. The number of quaternary nitrogens is 1. The van der Waals surface area contributed by atoms with Gasteiger partial charge in [0.2, 0.25) is 0 Å². The van der Waals surface area contributed by atoms with Gasteiger partial charge in [-0.2, -0.15) is 5.23 Å². The van der Waals surface area contributed by atoms with Crippen LogP contribution in [0.15, 0.2) is 35.5 Å². The van der Waals surface area contributed by atoms with Crippen molar-refractivity contribution in [2.75, 3.05) is 0 Å². The van der Waals surface area contributed by atoms with E-state index in [9.17, 15) is 10.0 Å². The lowest BCUT2D eigenvalue weighted by atomic mass is 9.95. The Morgan fingerprint density at radius 2 is 2.17 bits per heavy atom. The minimum absolute atomic E-state index is 0.142. The zero-order chi connectivity index (χ0) is 17.1. The van der Waals surface area contributed by atoms with Crippen LogP contribution in [0, 0.1) is 5.21 Å². The van der Waals surface area contributed by atoms with Crippen LogP contribution in [-0.2, 0) is 9.53 Å². The quantitative estimate of drug-likeness (QED) is 0.367. The van der Waals surface area contributed by atoms with Crippen LogP contribution in [0.5, 0.6) is 0 Å². The summed E-state index contributed by atoms with van der Waals surface area (Å²) in [4.78, 5) is 12.4. The Labute approximate surface area is 139 Å². The van der Waals surface area contributed by atoms with Crippen molar-refractivity contribution in [3.8, 4) is 0 Å². The number of nitrogens with one attached hydrogen (secondary N) is 3. The lowest BCUT2D eigenvalue weighted by Crippen LogP contribution is -2.99. The van der Waals surface area contributed by atoms with Gasteiger partial charge in [0, 0.05) is 17.8 Å². The van der Waals surface area contributed by atoms with Crippen LogP contribution in [0.2, 0.25) is 0 Å². The third-order valence-electron chi connectivity index (χ3n) is 3.30. The van der Waals surface area contributed by atoms with Crippen molar-refractivity contribution in [2.24, 2.45) is 0 Å². The van der Waals surface area contributed by atoms with E-state index >= 15 is 0 Å². The van der Waals surface area contributed by atoms with Gasteiger partial charge in [-0.1, -0.05) is 12.1 Å². The number of hydrogen-bond acceptors (Lipinski definition) is 5. The second kappa shape index (κ2) is 7.05. The number of esters is 1. The van der Waals surface area contributed by atoms with Crippen LogP contribution in [0.4, 0.5) is 5.69 Å². The van der Waals surface area contributed by atoms with E-state index < -0.39 is 17.2 Å². The molecule has 2 atom stereocenters. The summed E-state index contributed by atoms with van der Waals surface area (Å²) in [6.07, 6.45) is -0.261. The van der Waals surface area contributed by atoms with Crippen molar-refractivity contribution in [3.63, 3.8) is 0 Å². The summed E-state index contributed by atoms with van der Waals surface area (Å²) < 4.78 is 5.29. The Morgan fingerprint density at radius 3 is 2.78 bits per heavy atom. The zero-order valence-electron chi connectivity index (χ0n) is 13.0. The molecule has 1 unspecified atom stereocenters. The summed E-state index contributed by atoms with van der Waals surface area (Å²) in [6, 6.07) is 5.83. The average molecular weight is 337 g/mol. The first-order valence-electron chi connectivity index (χ1n) is 7.12. The van der Waals surface area contributed by atoms with Gasteiger partial charge in [0.15, 0.2) is 10.8 Å². The molecule has 0 amide bonds. The van der Waals surface area contributed by atoms with E-state index in [1.165, 1.54) is 12.1 Å². The number of carbonyl (C=O) groups excluding carboxylic acids is 1. The summed E-state index contributed by atoms with van der Waals surface area (Å²) in [7, 11) is 0. The maximum atomic E-state index is 12.4. The average Bonchev–Trinajstić information content (AvgIpc) is 2.45. The fraction of sp³-hybridized carbons (Fsp3) is 0.333. The Hall–Kier alpha value is -2.00. The Morgan fingerprint density at radius 1 is 1.48 bits per heavy atom. The molecule has 0 saturated heterocycles. The van der Waals surface area contributed by atoms with Gasteiger partial charge in [-0.3, -0.25) is 0 Å². The zero-order valence-corrected chi connectivity index (χ0v) is 13.9. The first-order chi connectivity index (χ1) is 10.8. The van der Waals surface area contributed by atoms with Gasteiger partial charge < -0.3 is 20.6 Å². The van der Waals surface area contributed by atoms with Crippen LogP contribution in [-0.4, -0.2) is 22.4 Å². The van der Waals surface area contributed by atoms with Crippen molar-refractivity contribution >= 4 is 29.0 Å². The number of carbonyl (C=O) groups is 1. The predicted molar refractivity (Wildman–Crippen MR) is 87.8 cm³/mol. The molecule has 23 heavy (non-hydrogen) atoms. The van der Waals surface area contributed by atoms with Gasteiger partial charge in [0.05, 0.1) is 17.7 Å². The number of benzene rings is 1. The molecule has 8 heteroatoms. The van der Waals surface area contributed by atoms with Gasteiger partial charge >= 0.3 is 5.97 Å². The van der Waals surface area contributed by atoms with Gasteiger partial charge in [0.1, 0.15) is 0 Å². The molecule has 4 N–H and O–H groups in total. The normalized spacial score (nSPS) is 19.2. The number of rotatable bonds is 4. The van der Waals surface area contributed by atoms with Crippen molar-refractivity contribution in [1.29, 1.82) is 0 Å². The second-order valence-electron chi connectivity index (χ2n) is 5.45. The van der Waals surface area contributed by atoms with Crippen LogP contribution in [0.3, 0.4) is 0 Å². The van der Waals surface area contributed by atoms with Gasteiger partial charge in [0.25, 0.3) is 0 Å². The Bertz CT molecular complexity index is 658. The highest BCUT2D eigenvalue weighted by Gasteiger charge is 2.31. The van der Waals surface area contributed by atoms with E-state index in [1.54, 1.807) is 32.9 Å². The van der Waals surface area contributed by atoms with Crippen LogP contribution in [0.1, 0.15) is 32.4 Å². The molecule has 7 nitrogen and oxygen atoms in total. The maximum absolute atomic E-state index is 12.4. The minimum Gasteiger partial charge on any atom is -0.595 e. The number of thiocarbonyl (C=S) groups is 1. The molecule has 2 rings (SSSR count). The van der Waals surface area contributed by atoms with E-state index in [0.29, 0.717) is 21.9 Å². The molecule has 124 valence electrons. The molecule has 0 spiro atoms. The molecule has 0 aliphatic carbocycles. The third-order valence-corrected chi connectivity index (χ3v) is 3.52. The largest absolute Gasteiger partial charge is 0.595 e. The molecule has 0 fully saturated rings. The summed E-state index contributed by atoms with van der Waals surface area (Å²) in [5, 5.41) is 25.5. The number of hydrogen-bond donors (Lipinski definition) is 4. The topological polar surface area (TPSA) is 98.1 Å². The fourth-order valence-electron chi connectivity index (χ4n) is 2.34. The van der Waals surface area contributed by atoms with Crippen molar-refractivity contribution < 1.29 is 20.0 Å². The van der Waals surface area contributed by atoms with Crippen LogP contribution < -0.4 is 15.9 Å². The Balaban J connectivity index is 2.44. The summed E-state index contributed by atoms with van der Waals surface area (Å²) in [5.74, 6) is -0.467. The molecule has 0 saturated carbocycles. The summed E-state index contributed by atoms with van der Waals surface area (Å²) >= 11 is 5.15. The predicted octanol–water partition coefficient (Wildman–Crippen LogP) is 0.834. The lowest BCUT2D eigenvalue weighted by Gasteiger charge is -2.30. The molecule has 1 heterocycles. The Kier molecular flexibility index (Phi) is 5.32. The van der Waals surface area contributed by atoms with Crippen LogP contribution >= 0.6 is 12.2 Å². The van der Waals surface area contributed by atoms with Crippen molar-refractivity contribution in [2.45, 2.75) is 32.9 Å². The van der Waals surface area contributed by atoms with Gasteiger partial charge in [-0.05, 0) is 38.6 Å². The summed E-state index contributed by atoms with van der Waals surface area (Å²) in [5.41, 5.74) is 1.74. The highest BCUT2D eigenvalue weighted by molar-refractivity contribution is 7.80. The molecule has 1 aromatic rings. The van der Waals surface area contributed by atoms with E-state index in [-0.39, 0.29) is 11.8 Å². The first kappa shape index (κ1) is 17.4. The van der Waals surface area contributed by atoms with Crippen molar-refractivity contribution in [1.82, 2.24) is 10.6 Å². The monoisotopic (exact) mass is 337 g/mol. The molecular weight excluding hydrogens is 318 g/mol. The van der Waals surface area contributed by atoms with Crippen molar-refractivity contribution in [3.05, 3.63) is 46.3 Å². The minimum atomic E-state index is -1.03. The van der Waals surface area contributed by atoms with Gasteiger partial charge in [-0.15, -0.1) is 0 Å². The molecule has 1 aliphatic heterocycles. The SMILES string of the molecule is CC1=C(C(=O)OC(C)C)[C@@H](c2cccc([NH+]([O-])O)c2)NC(=S)N1. The molecule has 0 radical (unpaired) electrons. The van der Waals surface area contributed by atoms with Gasteiger partial charge in [-0.25, -0.2) is 10.0 Å². The first-order valence-corrected chi connectivity index (χ1v) is 7.53. The molecule has 0 bridgehead atoms.